The lowest BCUT2D eigenvalue weighted by molar-refractivity contribution is -0.119. The molecule has 1 aromatic heterocycles. The van der Waals surface area contributed by atoms with Gasteiger partial charge in [-0.1, -0.05) is 0 Å². The van der Waals surface area contributed by atoms with Gasteiger partial charge in [0.05, 0.1) is 16.9 Å². The molecule has 0 unspecified atom stereocenters. The highest BCUT2D eigenvalue weighted by Crippen LogP contribution is 2.17. The molecule has 0 saturated carbocycles. The number of hydrogen-bond donors (Lipinski definition) is 1. The number of hydrogen-bond acceptors (Lipinski definition) is 4. The average Bonchev–Trinajstić information content (AvgIpc) is 3.02. The van der Waals surface area contributed by atoms with Gasteiger partial charge in [0.1, 0.15) is 11.6 Å². The molecule has 0 saturated heterocycles. The second-order valence-corrected chi connectivity index (χ2v) is 5.81. The van der Waals surface area contributed by atoms with Crippen molar-refractivity contribution < 1.29 is 27.5 Å². The van der Waals surface area contributed by atoms with E-state index in [0.29, 0.717) is 17.4 Å². The number of carbonyl (C=O) groups excluding carboxylic acids is 2. The molecule has 0 aliphatic heterocycles. The van der Waals surface area contributed by atoms with E-state index in [2.05, 4.69) is 10.4 Å². The second kappa shape index (κ2) is 7.95. The highest BCUT2D eigenvalue weighted by Gasteiger charge is 2.15. The highest BCUT2D eigenvalue weighted by molar-refractivity contribution is 5.95. The minimum Gasteiger partial charge on any atom is -0.452 e. The van der Waals surface area contributed by atoms with E-state index in [-0.39, 0.29) is 11.4 Å². The maximum atomic E-state index is 13.2. The third-order valence-corrected chi connectivity index (χ3v) is 3.66. The van der Waals surface area contributed by atoms with Crippen molar-refractivity contribution in [3.05, 3.63) is 77.2 Å². The average molecular weight is 389 g/mol. The topological polar surface area (TPSA) is 73.2 Å². The van der Waals surface area contributed by atoms with Crippen LogP contribution in [-0.2, 0) is 9.53 Å². The van der Waals surface area contributed by atoms with E-state index in [0.717, 1.165) is 12.1 Å². The number of nitrogens with one attached hydrogen (secondary N) is 1. The molecule has 0 atom stereocenters. The lowest BCUT2D eigenvalue weighted by Gasteiger charge is -2.09. The molecule has 1 amide bonds. The number of anilines is 1. The number of aromatic nitrogens is 2. The third kappa shape index (κ3) is 4.37. The summed E-state index contributed by atoms with van der Waals surface area (Å²) in [5.74, 6) is -4.06. The number of carbonyl (C=O) groups is 2. The molecule has 9 heteroatoms. The van der Waals surface area contributed by atoms with Crippen molar-refractivity contribution in [1.82, 2.24) is 9.78 Å². The zero-order chi connectivity index (χ0) is 20.3. The van der Waals surface area contributed by atoms with Gasteiger partial charge < -0.3 is 10.1 Å². The molecule has 28 heavy (non-hydrogen) atoms. The van der Waals surface area contributed by atoms with Crippen molar-refractivity contribution in [2.45, 2.75) is 6.92 Å². The van der Waals surface area contributed by atoms with Crippen LogP contribution in [0.15, 0.2) is 48.5 Å². The Morgan fingerprint density at radius 3 is 2.43 bits per heavy atom. The van der Waals surface area contributed by atoms with Crippen LogP contribution in [0.5, 0.6) is 0 Å². The first-order valence-electron chi connectivity index (χ1n) is 8.08. The van der Waals surface area contributed by atoms with E-state index >= 15 is 0 Å². The summed E-state index contributed by atoms with van der Waals surface area (Å²) in [4.78, 5) is 23.9. The molecule has 3 aromatic rings. The summed E-state index contributed by atoms with van der Waals surface area (Å²) in [5, 5.41) is 6.75. The van der Waals surface area contributed by atoms with Crippen LogP contribution in [0.2, 0.25) is 0 Å². The molecule has 144 valence electrons. The predicted octanol–water partition coefficient (Wildman–Crippen LogP) is 3.39. The van der Waals surface area contributed by atoms with Crippen molar-refractivity contribution in [3.63, 3.8) is 0 Å². The minimum atomic E-state index is -1.20. The molecular weight excluding hydrogens is 375 g/mol. The fraction of sp³-hybridized carbons (Fsp3) is 0.105. The molecule has 2 aromatic carbocycles. The maximum Gasteiger partial charge on any atom is 0.338 e. The van der Waals surface area contributed by atoms with Crippen LogP contribution >= 0.6 is 0 Å². The first-order valence-corrected chi connectivity index (χ1v) is 8.08. The first-order chi connectivity index (χ1) is 13.3. The van der Waals surface area contributed by atoms with E-state index in [9.17, 15) is 22.8 Å². The highest BCUT2D eigenvalue weighted by atomic mass is 19.2. The van der Waals surface area contributed by atoms with Crippen LogP contribution in [0.3, 0.4) is 0 Å². The lowest BCUT2D eigenvalue weighted by Crippen LogP contribution is -2.22. The molecule has 0 fully saturated rings. The Morgan fingerprint density at radius 1 is 1.04 bits per heavy atom. The van der Waals surface area contributed by atoms with Crippen molar-refractivity contribution in [1.29, 1.82) is 0 Å². The standard InChI is InChI=1S/C19H14F3N3O3/c1-11-8-17(25(24-11)14-5-3-13(20)4-6-14)23-18(26)10-28-19(27)12-2-7-15(21)16(22)9-12/h2-9H,10H2,1H3,(H,23,26). The Kier molecular flexibility index (Phi) is 5.44. The Balaban J connectivity index is 1.66. The van der Waals surface area contributed by atoms with Gasteiger partial charge in [0.2, 0.25) is 0 Å². The van der Waals surface area contributed by atoms with Gasteiger partial charge in [0.15, 0.2) is 18.2 Å². The normalized spacial score (nSPS) is 10.6. The summed E-state index contributed by atoms with van der Waals surface area (Å²) in [6.45, 7) is 1.06. The number of halogens is 3. The SMILES string of the molecule is Cc1cc(NC(=O)COC(=O)c2ccc(F)c(F)c2)n(-c2ccc(F)cc2)n1. The Hall–Kier alpha value is -3.62. The molecule has 1 N–H and O–H groups in total. The Morgan fingerprint density at radius 2 is 1.75 bits per heavy atom. The van der Waals surface area contributed by atoms with Gasteiger partial charge in [-0.2, -0.15) is 5.10 Å². The summed E-state index contributed by atoms with van der Waals surface area (Å²) in [5.41, 5.74) is 0.890. The molecule has 0 bridgehead atoms. The first kappa shape index (κ1) is 19.2. The van der Waals surface area contributed by atoms with Crippen LogP contribution < -0.4 is 5.32 Å². The number of rotatable bonds is 5. The van der Waals surface area contributed by atoms with Crippen molar-refractivity contribution >= 4 is 17.7 Å². The molecular formula is C19H14F3N3O3. The smallest absolute Gasteiger partial charge is 0.338 e. The van der Waals surface area contributed by atoms with Gasteiger partial charge in [-0.25, -0.2) is 22.6 Å². The van der Waals surface area contributed by atoms with Crippen LogP contribution in [-0.4, -0.2) is 28.3 Å². The number of esters is 1. The number of aryl methyl sites for hydroxylation is 1. The van der Waals surface area contributed by atoms with Gasteiger partial charge in [-0.05, 0) is 49.4 Å². The predicted molar refractivity (Wildman–Crippen MR) is 93.5 cm³/mol. The number of amides is 1. The Labute approximate surface area is 157 Å². The fourth-order valence-electron chi connectivity index (χ4n) is 2.38. The van der Waals surface area contributed by atoms with E-state index in [4.69, 9.17) is 4.74 Å². The molecule has 3 rings (SSSR count). The van der Waals surface area contributed by atoms with Gasteiger partial charge in [0.25, 0.3) is 5.91 Å². The van der Waals surface area contributed by atoms with Gasteiger partial charge in [-0.3, -0.25) is 4.79 Å². The van der Waals surface area contributed by atoms with Gasteiger partial charge in [-0.15, -0.1) is 0 Å². The van der Waals surface area contributed by atoms with Gasteiger partial charge in [0, 0.05) is 6.07 Å². The third-order valence-electron chi connectivity index (χ3n) is 3.66. The van der Waals surface area contributed by atoms with Gasteiger partial charge >= 0.3 is 5.97 Å². The summed E-state index contributed by atoms with van der Waals surface area (Å²) in [7, 11) is 0. The quantitative estimate of drug-likeness (QED) is 0.679. The molecule has 0 aliphatic carbocycles. The van der Waals surface area contributed by atoms with Crippen molar-refractivity contribution in [3.8, 4) is 5.69 Å². The van der Waals surface area contributed by atoms with Crippen molar-refractivity contribution in [2.75, 3.05) is 11.9 Å². The number of ether oxygens (including phenoxy) is 1. The summed E-state index contributed by atoms with van der Waals surface area (Å²) >= 11 is 0. The Bertz CT molecular complexity index is 1030. The van der Waals surface area contributed by atoms with Crippen molar-refractivity contribution in [2.24, 2.45) is 0 Å². The monoisotopic (exact) mass is 389 g/mol. The van der Waals surface area contributed by atoms with E-state index in [1.54, 1.807) is 13.0 Å². The summed E-state index contributed by atoms with van der Waals surface area (Å²) in [6.07, 6.45) is 0. The molecule has 0 radical (unpaired) electrons. The number of nitrogens with zero attached hydrogens (tertiary/aromatic N) is 2. The lowest BCUT2D eigenvalue weighted by atomic mass is 10.2. The van der Waals surface area contributed by atoms with E-state index in [1.807, 2.05) is 0 Å². The zero-order valence-electron chi connectivity index (χ0n) is 14.6. The maximum absolute atomic E-state index is 13.2. The summed E-state index contributed by atoms with van der Waals surface area (Å²) in [6, 6.07) is 9.58. The fourth-order valence-corrected chi connectivity index (χ4v) is 2.38. The molecule has 6 nitrogen and oxygen atoms in total. The number of benzene rings is 2. The largest absolute Gasteiger partial charge is 0.452 e. The van der Waals surface area contributed by atoms with Crippen LogP contribution in [0.4, 0.5) is 19.0 Å². The molecule has 0 aliphatic rings. The molecule has 0 spiro atoms. The second-order valence-electron chi connectivity index (χ2n) is 5.81. The summed E-state index contributed by atoms with van der Waals surface area (Å²) < 4.78 is 45.4. The van der Waals surface area contributed by atoms with Crippen LogP contribution in [0.1, 0.15) is 16.1 Å². The zero-order valence-corrected chi connectivity index (χ0v) is 14.6. The van der Waals surface area contributed by atoms with Crippen LogP contribution in [0.25, 0.3) is 5.69 Å². The van der Waals surface area contributed by atoms with E-state index in [1.165, 1.54) is 28.9 Å². The molecule has 1 heterocycles. The van der Waals surface area contributed by atoms with Crippen LogP contribution in [0, 0.1) is 24.4 Å². The van der Waals surface area contributed by atoms with E-state index < -0.39 is 35.9 Å². The minimum absolute atomic E-state index is 0.223.